The number of hydrogen-bond acceptors (Lipinski definition) is 4. The molecule has 0 aliphatic carbocycles. The standard InChI is InChI=1S/C19H24N2O3S2/c1-15-8-10-17(11-9-15)25-13-12-20-19(22)14-21(26(3,23)24)18-7-5-4-6-16(18)2/h4-11H,12-14H2,1-3H3,(H,20,22). The maximum atomic E-state index is 12.2. The SMILES string of the molecule is Cc1ccc(SCCNC(=O)CN(c2ccccc2C)S(C)(=O)=O)cc1. The van der Waals surface area contributed by atoms with Gasteiger partial charge in [0.15, 0.2) is 0 Å². The van der Waals surface area contributed by atoms with Crippen LogP contribution in [0.4, 0.5) is 5.69 Å². The van der Waals surface area contributed by atoms with Crippen molar-refractivity contribution in [3.63, 3.8) is 0 Å². The minimum atomic E-state index is -3.55. The third kappa shape index (κ3) is 6.07. The van der Waals surface area contributed by atoms with E-state index in [1.165, 1.54) is 5.56 Å². The molecule has 0 bridgehead atoms. The molecule has 2 aromatic rings. The van der Waals surface area contributed by atoms with E-state index in [4.69, 9.17) is 0 Å². The summed E-state index contributed by atoms with van der Waals surface area (Å²) in [6.45, 7) is 4.11. The molecule has 1 N–H and O–H groups in total. The molecular formula is C19H24N2O3S2. The van der Waals surface area contributed by atoms with Gasteiger partial charge < -0.3 is 5.32 Å². The monoisotopic (exact) mass is 392 g/mol. The topological polar surface area (TPSA) is 66.5 Å². The van der Waals surface area contributed by atoms with Gasteiger partial charge in [0.25, 0.3) is 0 Å². The highest BCUT2D eigenvalue weighted by atomic mass is 32.2. The zero-order valence-electron chi connectivity index (χ0n) is 15.2. The maximum Gasteiger partial charge on any atom is 0.240 e. The van der Waals surface area contributed by atoms with Crippen molar-refractivity contribution in [1.29, 1.82) is 0 Å². The molecule has 1 amide bonds. The average Bonchev–Trinajstić information content (AvgIpc) is 2.58. The van der Waals surface area contributed by atoms with Gasteiger partial charge in [0.1, 0.15) is 6.54 Å². The second-order valence-electron chi connectivity index (χ2n) is 6.07. The summed E-state index contributed by atoms with van der Waals surface area (Å²) in [7, 11) is -3.55. The van der Waals surface area contributed by atoms with E-state index < -0.39 is 10.0 Å². The van der Waals surface area contributed by atoms with Gasteiger partial charge in [0, 0.05) is 17.2 Å². The average molecular weight is 393 g/mol. The number of rotatable bonds is 8. The molecule has 2 aromatic carbocycles. The third-order valence-electron chi connectivity index (χ3n) is 3.79. The van der Waals surface area contributed by atoms with Crippen molar-refractivity contribution in [3.05, 3.63) is 59.7 Å². The molecule has 7 heteroatoms. The molecule has 0 spiro atoms. The fraction of sp³-hybridized carbons (Fsp3) is 0.316. The first-order chi connectivity index (χ1) is 12.3. The molecule has 0 atom stereocenters. The van der Waals surface area contributed by atoms with E-state index in [0.29, 0.717) is 12.2 Å². The van der Waals surface area contributed by atoms with Gasteiger partial charge in [-0.3, -0.25) is 9.10 Å². The van der Waals surface area contributed by atoms with E-state index in [9.17, 15) is 13.2 Å². The Balaban J connectivity index is 1.89. The van der Waals surface area contributed by atoms with E-state index in [1.54, 1.807) is 23.9 Å². The normalized spacial score (nSPS) is 11.2. The maximum absolute atomic E-state index is 12.2. The van der Waals surface area contributed by atoms with Crippen LogP contribution in [0.25, 0.3) is 0 Å². The van der Waals surface area contributed by atoms with Gasteiger partial charge in [-0.05, 0) is 37.6 Å². The molecule has 0 fully saturated rings. The second kappa shape index (κ2) is 9.09. The van der Waals surface area contributed by atoms with E-state index in [0.717, 1.165) is 26.8 Å². The van der Waals surface area contributed by atoms with E-state index in [-0.39, 0.29) is 12.5 Å². The lowest BCUT2D eigenvalue weighted by Gasteiger charge is -2.23. The number of anilines is 1. The number of hydrogen-bond donors (Lipinski definition) is 1. The first-order valence-electron chi connectivity index (χ1n) is 8.27. The molecular weight excluding hydrogens is 368 g/mol. The highest BCUT2D eigenvalue weighted by Gasteiger charge is 2.21. The molecule has 0 unspecified atom stereocenters. The van der Waals surface area contributed by atoms with E-state index in [1.807, 2.05) is 50.2 Å². The number of carbonyl (C=O) groups excluding carboxylic acids is 1. The number of amides is 1. The summed E-state index contributed by atoms with van der Waals surface area (Å²) in [5.74, 6) is 0.404. The Morgan fingerprint density at radius 1 is 1.08 bits per heavy atom. The number of sulfonamides is 1. The lowest BCUT2D eigenvalue weighted by atomic mass is 10.2. The number of thioether (sulfide) groups is 1. The van der Waals surface area contributed by atoms with Crippen molar-refractivity contribution in [1.82, 2.24) is 5.32 Å². The Hall–Kier alpha value is -1.99. The van der Waals surface area contributed by atoms with Crippen LogP contribution in [0.3, 0.4) is 0 Å². The minimum absolute atomic E-state index is 0.223. The van der Waals surface area contributed by atoms with Crippen LogP contribution >= 0.6 is 11.8 Å². The number of benzene rings is 2. The Morgan fingerprint density at radius 2 is 1.73 bits per heavy atom. The van der Waals surface area contributed by atoms with Crippen LogP contribution in [0.5, 0.6) is 0 Å². The fourth-order valence-electron chi connectivity index (χ4n) is 2.40. The lowest BCUT2D eigenvalue weighted by molar-refractivity contribution is -0.119. The van der Waals surface area contributed by atoms with Crippen molar-refractivity contribution >= 4 is 33.4 Å². The highest BCUT2D eigenvalue weighted by molar-refractivity contribution is 7.99. The first kappa shape index (κ1) is 20.3. The largest absolute Gasteiger partial charge is 0.354 e. The quantitative estimate of drug-likeness (QED) is 0.554. The summed E-state index contributed by atoms with van der Waals surface area (Å²) >= 11 is 1.65. The van der Waals surface area contributed by atoms with Crippen LogP contribution in [0.1, 0.15) is 11.1 Å². The lowest BCUT2D eigenvalue weighted by Crippen LogP contribution is -2.41. The van der Waals surface area contributed by atoms with Gasteiger partial charge >= 0.3 is 0 Å². The summed E-state index contributed by atoms with van der Waals surface area (Å²) in [6.07, 6.45) is 1.11. The van der Waals surface area contributed by atoms with Crippen molar-refractivity contribution < 1.29 is 13.2 Å². The zero-order valence-corrected chi connectivity index (χ0v) is 16.9. The van der Waals surface area contributed by atoms with Crippen molar-refractivity contribution in [2.45, 2.75) is 18.7 Å². The Labute approximate surface area is 159 Å². The number of carbonyl (C=O) groups is 1. The predicted octanol–water partition coefficient (Wildman–Crippen LogP) is 2.98. The summed E-state index contributed by atoms with van der Waals surface area (Å²) in [6, 6.07) is 15.3. The Bertz CT molecular complexity index is 849. The predicted molar refractivity (Wildman–Crippen MR) is 108 cm³/mol. The molecule has 5 nitrogen and oxygen atoms in total. The van der Waals surface area contributed by atoms with Gasteiger partial charge in [-0.25, -0.2) is 8.42 Å². The van der Waals surface area contributed by atoms with E-state index >= 15 is 0 Å². The zero-order chi connectivity index (χ0) is 19.2. The van der Waals surface area contributed by atoms with Crippen molar-refractivity contribution in [2.75, 3.05) is 29.4 Å². The third-order valence-corrected chi connectivity index (χ3v) is 5.93. The second-order valence-corrected chi connectivity index (χ2v) is 9.14. The molecule has 0 heterocycles. The molecule has 2 rings (SSSR count). The Morgan fingerprint density at radius 3 is 2.35 bits per heavy atom. The number of aryl methyl sites for hydroxylation is 2. The molecule has 0 saturated heterocycles. The summed E-state index contributed by atoms with van der Waals surface area (Å²) in [5.41, 5.74) is 2.54. The van der Waals surface area contributed by atoms with Crippen LogP contribution in [0.15, 0.2) is 53.4 Å². The van der Waals surface area contributed by atoms with Crippen LogP contribution in [-0.2, 0) is 14.8 Å². The van der Waals surface area contributed by atoms with Gasteiger partial charge in [-0.15, -0.1) is 11.8 Å². The fourth-order valence-corrected chi connectivity index (χ4v) is 4.09. The highest BCUT2D eigenvalue weighted by Crippen LogP contribution is 2.21. The number of nitrogens with one attached hydrogen (secondary N) is 1. The molecule has 0 aliphatic rings. The summed E-state index contributed by atoms with van der Waals surface area (Å²) < 4.78 is 25.4. The van der Waals surface area contributed by atoms with Crippen LogP contribution in [0, 0.1) is 13.8 Å². The van der Waals surface area contributed by atoms with Gasteiger partial charge in [0.2, 0.25) is 15.9 Å². The molecule has 0 saturated carbocycles. The van der Waals surface area contributed by atoms with E-state index in [2.05, 4.69) is 5.32 Å². The molecule has 0 aromatic heterocycles. The Kier molecular flexibility index (Phi) is 7.11. The summed E-state index contributed by atoms with van der Waals surface area (Å²) in [4.78, 5) is 13.4. The molecule has 0 radical (unpaired) electrons. The molecule has 26 heavy (non-hydrogen) atoms. The summed E-state index contributed by atoms with van der Waals surface area (Å²) in [5, 5.41) is 2.79. The van der Waals surface area contributed by atoms with Gasteiger partial charge in [0.05, 0.1) is 11.9 Å². The first-order valence-corrected chi connectivity index (χ1v) is 11.1. The number of nitrogens with zero attached hydrogens (tertiary/aromatic N) is 1. The van der Waals surface area contributed by atoms with Crippen molar-refractivity contribution in [2.24, 2.45) is 0 Å². The van der Waals surface area contributed by atoms with Crippen LogP contribution in [0.2, 0.25) is 0 Å². The van der Waals surface area contributed by atoms with Gasteiger partial charge in [-0.1, -0.05) is 35.9 Å². The number of para-hydroxylation sites is 1. The molecule has 0 aliphatic heterocycles. The minimum Gasteiger partial charge on any atom is -0.354 e. The smallest absolute Gasteiger partial charge is 0.240 e. The molecule has 140 valence electrons. The van der Waals surface area contributed by atoms with Crippen molar-refractivity contribution in [3.8, 4) is 0 Å². The van der Waals surface area contributed by atoms with Crippen LogP contribution in [-0.4, -0.2) is 39.4 Å². The van der Waals surface area contributed by atoms with Crippen LogP contribution < -0.4 is 9.62 Å². The van der Waals surface area contributed by atoms with Gasteiger partial charge in [-0.2, -0.15) is 0 Å².